The number of benzene rings is 1. The minimum Gasteiger partial charge on any atom is -0.506 e. The molecule has 0 unspecified atom stereocenters. The van der Waals surface area contributed by atoms with E-state index in [-0.39, 0.29) is 11.7 Å². The first-order valence-electron chi connectivity index (χ1n) is 4.52. The highest BCUT2D eigenvalue weighted by Crippen LogP contribution is 2.21. The molecule has 4 nitrogen and oxygen atoms in total. The molecule has 0 saturated carbocycles. The van der Waals surface area contributed by atoms with Gasteiger partial charge in [-0.25, -0.2) is 0 Å². The zero-order valence-electron chi connectivity index (χ0n) is 7.86. The number of aromatic hydroxyl groups is 1. The number of phenolic OH excluding ortho intramolecular Hbond substituents is 1. The van der Waals surface area contributed by atoms with Crippen molar-refractivity contribution in [1.82, 2.24) is 0 Å². The van der Waals surface area contributed by atoms with Crippen LogP contribution in [0.1, 0.15) is 12.8 Å². The number of carbonyl (C=O) groups excluding carboxylic acids is 1. The molecule has 76 valence electrons. The van der Waals surface area contributed by atoms with Gasteiger partial charge in [-0.2, -0.15) is 0 Å². The van der Waals surface area contributed by atoms with Gasteiger partial charge in [0, 0.05) is 6.42 Å². The number of phenols is 1. The maximum absolute atomic E-state index is 11.2. The fourth-order valence-corrected chi connectivity index (χ4v) is 1.05. The summed E-state index contributed by atoms with van der Waals surface area (Å²) in [5.41, 5.74) is 5.71. The van der Waals surface area contributed by atoms with Crippen LogP contribution in [0.5, 0.6) is 5.75 Å². The van der Waals surface area contributed by atoms with Crippen LogP contribution in [0.25, 0.3) is 0 Å². The van der Waals surface area contributed by atoms with Crippen LogP contribution in [0.2, 0.25) is 0 Å². The molecule has 14 heavy (non-hydrogen) atoms. The summed E-state index contributed by atoms with van der Waals surface area (Å²) in [6.07, 6.45) is 1.03. The predicted molar refractivity (Wildman–Crippen MR) is 55.0 cm³/mol. The SMILES string of the molecule is NCCCC(=O)Nc1ccccc1O. The van der Waals surface area contributed by atoms with E-state index < -0.39 is 0 Å². The lowest BCUT2D eigenvalue weighted by molar-refractivity contribution is -0.116. The Morgan fingerprint density at radius 1 is 1.43 bits per heavy atom. The fourth-order valence-electron chi connectivity index (χ4n) is 1.05. The van der Waals surface area contributed by atoms with Crippen LogP contribution in [0.15, 0.2) is 24.3 Å². The Morgan fingerprint density at radius 2 is 2.14 bits per heavy atom. The molecule has 0 aliphatic rings. The summed E-state index contributed by atoms with van der Waals surface area (Å²) in [5.74, 6) is -0.0504. The maximum Gasteiger partial charge on any atom is 0.224 e. The second-order valence-electron chi connectivity index (χ2n) is 2.96. The van der Waals surface area contributed by atoms with Crippen molar-refractivity contribution in [3.63, 3.8) is 0 Å². The van der Waals surface area contributed by atoms with Gasteiger partial charge in [0.25, 0.3) is 0 Å². The van der Waals surface area contributed by atoms with Crippen LogP contribution in [0.3, 0.4) is 0 Å². The van der Waals surface area contributed by atoms with Crippen molar-refractivity contribution in [2.75, 3.05) is 11.9 Å². The fraction of sp³-hybridized carbons (Fsp3) is 0.300. The van der Waals surface area contributed by atoms with E-state index in [0.29, 0.717) is 25.1 Å². The summed E-state index contributed by atoms with van der Waals surface area (Å²) in [4.78, 5) is 11.2. The van der Waals surface area contributed by atoms with Crippen LogP contribution >= 0.6 is 0 Å². The van der Waals surface area contributed by atoms with Crippen molar-refractivity contribution >= 4 is 11.6 Å². The molecule has 0 aliphatic carbocycles. The van der Waals surface area contributed by atoms with E-state index in [4.69, 9.17) is 5.73 Å². The van der Waals surface area contributed by atoms with E-state index >= 15 is 0 Å². The van der Waals surface area contributed by atoms with Gasteiger partial charge in [0.15, 0.2) is 0 Å². The van der Waals surface area contributed by atoms with Gasteiger partial charge < -0.3 is 16.2 Å². The van der Waals surface area contributed by atoms with Gasteiger partial charge >= 0.3 is 0 Å². The third-order valence-corrected chi connectivity index (χ3v) is 1.79. The van der Waals surface area contributed by atoms with Crippen LogP contribution in [0.4, 0.5) is 5.69 Å². The standard InChI is InChI=1S/C10H14N2O2/c11-7-3-6-10(14)12-8-4-1-2-5-9(8)13/h1-2,4-5,13H,3,6-7,11H2,(H,12,14). The minimum absolute atomic E-state index is 0.0774. The summed E-state index contributed by atoms with van der Waals surface area (Å²) in [7, 11) is 0. The van der Waals surface area contributed by atoms with Gasteiger partial charge in [0.1, 0.15) is 5.75 Å². The van der Waals surface area contributed by atoms with E-state index in [1.807, 2.05) is 0 Å². The van der Waals surface area contributed by atoms with Crippen LogP contribution in [-0.2, 0) is 4.79 Å². The molecular formula is C10H14N2O2. The quantitative estimate of drug-likeness (QED) is 0.627. The molecule has 1 rings (SSSR count). The normalized spacial score (nSPS) is 9.79. The summed E-state index contributed by atoms with van der Waals surface area (Å²) < 4.78 is 0. The lowest BCUT2D eigenvalue weighted by Crippen LogP contribution is -2.13. The first-order chi connectivity index (χ1) is 6.74. The van der Waals surface area contributed by atoms with E-state index in [0.717, 1.165) is 0 Å². The highest BCUT2D eigenvalue weighted by atomic mass is 16.3. The average Bonchev–Trinajstić information content (AvgIpc) is 2.18. The molecule has 0 bridgehead atoms. The van der Waals surface area contributed by atoms with Gasteiger partial charge in [-0.15, -0.1) is 0 Å². The third-order valence-electron chi connectivity index (χ3n) is 1.79. The van der Waals surface area contributed by atoms with Crippen molar-refractivity contribution in [1.29, 1.82) is 0 Å². The summed E-state index contributed by atoms with van der Waals surface area (Å²) in [6.45, 7) is 0.494. The number of nitrogens with two attached hydrogens (primary N) is 1. The van der Waals surface area contributed by atoms with Crippen molar-refractivity contribution in [3.05, 3.63) is 24.3 Å². The number of hydrogen-bond acceptors (Lipinski definition) is 3. The molecular weight excluding hydrogens is 180 g/mol. The molecule has 0 aliphatic heterocycles. The smallest absolute Gasteiger partial charge is 0.224 e. The second-order valence-corrected chi connectivity index (χ2v) is 2.96. The monoisotopic (exact) mass is 194 g/mol. The summed E-state index contributed by atoms with van der Waals surface area (Å²) in [6, 6.07) is 6.62. The van der Waals surface area contributed by atoms with Crippen molar-refractivity contribution in [3.8, 4) is 5.75 Å². The molecule has 4 heteroatoms. The second kappa shape index (κ2) is 5.24. The lowest BCUT2D eigenvalue weighted by Gasteiger charge is -2.05. The highest BCUT2D eigenvalue weighted by molar-refractivity contribution is 5.92. The number of nitrogens with one attached hydrogen (secondary N) is 1. The topological polar surface area (TPSA) is 75.4 Å². The zero-order chi connectivity index (χ0) is 10.4. The van der Waals surface area contributed by atoms with Crippen molar-refractivity contribution in [2.24, 2.45) is 5.73 Å². The number of carbonyl (C=O) groups is 1. The first kappa shape index (κ1) is 10.5. The minimum atomic E-state index is -0.128. The Labute approximate surface area is 82.7 Å². The number of anilines is 1. The molecule has 0 heterocycles. The van der Waals surface area contributed by atoms with Gasteiger partial charge in [0.05, 0.1) is 5.69 Å². The van der Waals surface area contributed by atoms with Crippen LogP contribution in [-0.4, -0.2) is 17.6 Å². The van der Waals surface area contributed by atoms with Gasteiger partial charge in [-0.05, 0) is 25.1 Å². The molecule has 0 spiro atoms. The maximum atomic E-state index is 11.2. The summed E-state index contributed by atoms with van der Waals surface area (Å²) in [5, 5.41) is 11.9. The zero-order valence-corrected chi connectivity index (χ0v) is 7.86. The Morgan fingerprint density at radius 3 is 2.79 bits per heavy atom. The highest BCUT2D eigenvalue weighted by Gasteiger charge is 2.04. The van der Waals surface area contributed by atoms with Crippen LogP contribution in [0, 0.1) is 0 Å². The Hall–Kier alpha value is -1.55. The molecule has 0 saturated heterocycles. The largest absolute Gasteiger partial charge is 0.506 e. The van der Waals surface area contributed by atoms with Crippen molar-refractivity contribution < 1.29 is 9.90 Å². The molecule has 4 N–H and O–H groups in total. The molecule has 0 radical (unpaired) electrons. The van der Waals surface area contributed by atoms with Crippen LogP contribution < -0.4 is 11.1 Å². The molecule has 1 aromatic carbocycles. The number of hydrogen-bond donors (Lipinski definition) is 3. The third kappa shape index (κ3) is 3.06. The molecule has 0 aromatic heterocycles. The van der Waals surface area contributed by atoms with Gasteiger partial charge in [-0.3, -0.25) is 4.79 Å². The number of rotatable bonds is 4. The number of para-hydroxylation sites is 2. The molecule has 1 amide bonds. The first-order valence-corrected chi connectivity index (χ1v) is 4.52. The summed E-state index contributed by atoms with van der Waals surface area (Å²) >= 11 is 0. The molecule has 0 atom stereocenters. The van der Waals surface area contributed by atoms with E-state index in [9.17, 15) is 9.90 Å². The Kier molecular flexibility index (Phi) is 3.94. The molecule has 1 aromatic rings. The Bertz CT molecular complexity index is 313. The van der Waals surface area contributed by atoms with Gasteiger partial charge in [0.2, 0.25) is 5.91 Å². The average molecular weight is 194 g/mol. The van der Waals surface area contributed by atoms with E-state index in [1.165, 1.54) is 6.07 Å². The van der Waals surface area contributed by atoms with Crippen molar-refractivity contribution in [2.45, 2.75) is 12.8 Å². The molecule has 0 fully saturated rings. The lowest BCUT2D eigenvalue weighted by atomic mass is 10.2. The predicted octanol–water partition coefficient (Wildman–Crippen LogP) is 1.07. The number of amides is 1. The van der Waals surface area contributed by atoms with E-state index in [2.05, 4.69) is 5.32 Å². The van der Waals surface area contributed by atoms with Gasteiger partial charge in [-0.1, -0.05) is 12.1 Å². The Balaban J connectivity index is 2.52. The van der Waals surface area contributed by atoms with E-state index in [1.54, 1.807) is 18.2 Å².